The highest BCUT2D eigenvalue weighted by Crippen LogP contribution is 1.97. The summed E-state index contributed by atoms with van der Waals surface area (Å²) in [6.07, 6.45) is 2.54. The third kappa shape index (κ3) is 3.74. The van der Waals surface area contributed by atoms with Crippen molar-refractivity contribution in [3.05, 3.63) is 44.5 Å². The van der Waals surface area contributed by atoms with Crippen LogP contribution in [0.15, 0.2) is 22.0 Å². The molecule has 0 atom stereocenters. The summed E-state index contributed by atoms with van der Waals surface area (Å²) in [5, 5.41) is 0. The molecule has 0 amide bonds. The first-order valence-corrected chi connectivity index (χ1v) is 5.03. The Morgan fingerprint density at radius 3 is 2.17 bits per heavy atom. The van der Waals surface area contributed by atoms with Crippen molar-refractivity contribution in [3.8, 4) is 0 Å². The Bertz CT molecular complexity index is 645. The van der Waals surface area contributed by atoms with Crippen LogP contribution in [0.25, 0.3) is 0 Å². The molecule has 0 aliphatic carbocycles. The predicted octanol–water partition coefficient (Wildman–Crippen LogP) is -0.679. The predicted molar refractivity (Wildman–Crippen MR) is 68.0 cm³/mol. The van der Waals surface area contributed by atoms with Gasteiger partial charge in [-0.25, -0.2) is 4.98 Å². The number of nitrogens with one attached hydrogen (secondary N) is 2. The maximum atomic E-state index is 10.8. The smallest absolute Gasteiger partial charge is 0.270 e. The van der Waals surface area contributed by atoms with Crippen LogP contribution in [-0.2, 0) is 0 Å². The topological polar surface area (TPSA) is 144 Å². The van der Waals surface area contributed by atoms with Crippen molar-refractivity contribution in [2.75, 3.05) is 11.5 Å². The van der Waals surface area contributed by atoms with Gasteiger partial charge in [0.2, 0.25) is 0 Å². The van der Waals surface area contributed by atoms with E-state index in [1.54, 1.807) is 13.8 Å². The van der Waals surface area contributed by atoms with Crippen molar-refractivity contribution < 1.29 is 0 Å². The number of nitrogen functional groups attached to an aromatic ring is 2. The average molecular weight is 250 g/mol. The summed E-state index contributed by atoms with van der Waals surface area (Å²) < 4.78 is 0. The molecule has 0 fully saturated rings. The minimum atomic E-state index is -0.273. The second-order valence-corrected chi connectivity index (χ2v) is 3.50. The number of nitrogens with two attached hydrogens (primary N) is 2. The Hall–Kier alpha value is -2.64. The van der Waals surface area contributed by atoms with Crippen LogP contribution in [0.5, 0.6) is 0 Å². The number of nitrogens with zero attached hydrogens (tertiary/aromatic N) is 2. The summed E-state index contributed by atoms with van der Waals surface area (Å²) in [4.78, 5) is 33.3. The van der Waals surface area contributed by atoms with Gasteiger partial charge >= 0.3 is 0 Å². The van der Waals surface area contributed by atoms with Crippen molar-refractivity contribution >= 4 is 11.6 Å². The van der Waals surface area contributed by atoms with E-state index in [0.29, 0.717) is 17.2 Å². The number of hydrogen-bond acceptors (Lipinski definition) is 6. The third-order valence-electron chi connectivity index (χ3n) is 1.97. The second-order valence-electron chi connectivity index (χ2n) is 3.50. The minimum Gasteiger partial charge on any atom is -0.384 e. The largest absolute Gasteiger partial charge is 0.384 e. The van der Waals surface area contributed by atoms with Crippen LogP contribution >= 0.6 is 0 Å². The third-order valence-corrected chi connectivity index (χ3v) is 1.97. The molecule has 2 aromatic rings. The zero-order chi connectivity index (χ0) is 13.7. The molecule has 96 valence electrons. The van der Waals surface area contributed by atoms with Gasteiger partial charge in [-0.15, -0.1) is 0 Å². The van der Waals surface area contributed by atoms with Gasteiger partial charge in [-0.2, -0.15) is 0 Å². The average Bonchev–Trinajstić information content (AvgIpc) is 2.27. The van der Waals surface area contributed by atoms with Crippen molar-refractivity contribution in [1.29, 1.82) is 0 Å². The number of aryl methyl sites for hydroxylation is 2. The molecule has 0 radical (unpaired) electrons. The van der Waals surface area contributed by atoms with Gasteiger partial charge in [0.15, 0.2) is 0 Å². The number of aromatic amines is 2. The van der Waals surface area contributed by atoms with Gasteiger partial charge in [-0.1, -0.05) is 0 Å². The Balaban J connectivity index is 0.000000184. The summed E-state index contributed by atoms with van der Waals surface area (Å²) >= 11 is 0. The molecule has 0 aliphatic rings. The van der Waals surface area contributed by atoms with E-state index in [2.05, 4.69) is 19.9 Å². The molecule has 0 unspecified atom stereocenters. The van der Waals surface area contributed by atoms with Crippen LogP contribution in [0.2, 0.25) is 0 Å². The molecule has 8 heteroatoms. The molecule has 2 heterocycles. The Labute approximate surface area is 102 Å². The molecule has 0 saturated carbocycles. The lowest BCUT2D eigenvalue weighted by Gasteiger charge is -1.97. The highest BCUT2D eigenvalue weighted by molar-refractivity contribution is 5.32. The SMILES string of the molecule is Cc1nc(C)c(=O)[nH]c1N.Nc1cncc(=O)[nH]1. The molecular weight excluding hydrogens is 236 g/mol. The van der Waals surface area contributed by atoms with E-state index in [0.717, 1.165) is 6.20 Å². The second kappa shape index (κ2) is 5.62. The molecule has 8 nitrogen and oxygen atoms in total. The summed E-state index contributed by atoms with van der Waals surface area (Å²) in [5.74, 6) is 0.633. The first-order chi connectivity index (χ1) is 8.40. The Morgan fingerprint density at radius 2 is 1.72 bits per heavy atom. The Morgan fingerprint density at radius 1 is 1.06 bits per heavy atom. The van der Waals surface area contributed by atoms with Crippen LogP contribution in [0.3, 0.4) is 0 Å². The van der Waals surface area contributed by atoms with Crippen LogP contribution in [0, 0.1) is 13.8 Å². The lowest BCUT2D eigenvalue weighted by molar-refractivity contribution is 1.02. The van der Waals surface area contributed by atoms with Gasteiger partial charge < -0.3 is 21.4 Å². The highest BCUT2D eigenvalue weighted by atomic mass is 16.1. The van der Waals surface area contributed by atoms with E-state index in [1.165, 1.54) is 6.20 Å². The number of hydrogen-bond donors (Lipinski definition) is 4. The van der Waals surface area contributed by atoms with E-state index in [-0.39, 0.29) is 16.9 Å². The lowest BCUT2D eigenvalue weighted by Crippen LogP contribution is -2.15. The molecule has 0 spiro atoms. The molecule has 0 bridgehead atoms. The summed E-state index contributed by atoms with van der Waals surface area (Å²) in [6, 6.07) is 0. The molecular formula is C10H14N6O2. The van der Waals surface area contributed by atoms with Gasteiger partial charge in [0, 0.05) is 0 Å². The van der Waals surface area contributed by atoms with E-state index in [4.69, 9.17) is 11.5 Å². The van der Waals surface area contributed by atoms with Crippen LogP contribution in [0.4, 0.5) is 11.6 Å². The molecule has 6 N–H and O–H groups in total. The zero-order valence-electron chi connectivity index (χ0n) is 10.0. The van der Waals surface area contributed by atoms with E-state index in [9.17, 15) is 9.59 Å². The van der Waals surface area contributed by atoms with Gasteiger partial charge in [0.05, 0.1) is 18.1 Å². The molecule has 0 saturated heterocycles. The highest BCUT2D eigenvalue weighted by Gasteiger charge is 1.98. The van der Waals surface area contributed by atoms with Gasteiger partial charge in [0.25, 0.3) is 11.1 Å². The maximum Gasteiger partial charge on any atom is 0.270 e. The zero-order valence-corrected chi connectivity index (χ0v) is 10.0. The van der Waals surface area contributed by atoms with Crippen LogP contribution in [0.1, 0.15) is 11.4 Å². The monoisotopic (exact) mass is 250 g/mol. The first kappa shape index (κ1) is 13.4. The summed E-state index contributed by atoms with van der Waals surface area (Å²) in [5.41, 5.74) is 11.1. The van der Waals surface area contributed by atoms with E-state index >= 15 is 0 Å². The quantitative estimate of drug-likeness (QED) is 0.487. The van der Waals surface area contributed by atoms with Crippen molar-refractivity contribution in [3.63, 3.8) is 0 Å². The van der Waals surface area contributed by atoms with Gasteiger partial charge in [-0.05, 0) is 13.8 Å². The van der Waals surface area contributed by atoms with Crippen molar-refractivity contribution in [1.82, 2.24) is 19.9 Å². The van der Waals surface area contributed by atoms with E-state index < -0.39 is 0 Å². The minimum absolute atomic E-state index is 0.219. The fourth-order valence-corrected chi connectivity index (χ4v) is 1.06. The summed E-state index contributed by atoms with van der Waals surface area (Å²) in [7, 11) is 0. The molecule has 0 aliphatic heterocycles. The lowest BCUT2D eigenvalue weighted by atomic mass is 10.4. The molecule has 2 aromatic heterocycles. The fraction of sp³-hybridized carbons (Fsp3) is 0.200. The molecule has 0 aromatic carbocycles. The Kier molecular flexibility index (Phi) is 4.19. The standard InChI is InChI=1S/C6H9N3O.C4H5N3O/c1-3-5(7)9-6(10)4(2)8-3;5-3-1-6-2-4(8)7-3/h1-2H3,(H3,7,9,10);1-2H,(H3,5,7,8). The number of anilines is 2. The number of rotatable bonds is 0. The number of aromatic nitrogens is 4. The fourth-order valence-electron chi connectivity index (χ4n) is 1.06. The first-order valence-electron chi connectivity index (χ1n) is 5.03. The van der Waals surface area contributed by atoms with Crippen LogP contribution in [-0.4, -0.2) is 19.9 Å². The van der Waals surface area contributed by atoms with Crippen molar-refractivity contribution in [2.24, 2.45) is 0 Å². The van der Waals surface area contributed by atoms with E-state index in [1.807, 2.05) is 0 Å². The number of H-pyrrole nitrogens is 2. The summed E-state index contributed by atoms with van der Waals surface area (Å²) in [6.45, 7) is 3.39. The maximum absolute atomic E-state index is 10.8. The molecule has 2 rings (SSSR count). The van der Waals surface area contributed by atoms with Gasteiger partial charge in [0.1, 0.15) is 17.3 Å². The van der Waals surface area contributed by atoms with Crippen LogP contribution < -0.4 is 22.6 Å². The van der Waals surface area contributed by atoms with Crippen molar-refractivity contribution in [2.45, 2.75) is 13.8 Å². The normalized spacial score (nSPS) is 9.44. The van der Waals surface area contributed by atoms with Gasteiger partial charge in [-0.3, -0.25) is 14.6 Å². The molecule has 18 heavy (non-hydrogen) atoms.